The third kappa shape index (κ3) is 3.07. The number of hydrogen-bond donors (Lipinski definition) is 1. The van der Waals surface area contributed by atoms with Crippen molar-refractivity contribution in [2.75, 3.05) is 4.90 Å². The fourth-order valence-corrected chi connectivity index (χ4v) is 3.26. The second-order valence-corrected chi connectivity index (χ2v) is 6.30. The van der Waals surface area contributed by atoms with Crippen LogP contribution in [0.4, 0.5) is 5.69 Å². The van der Waals surface area contributed by atoms with E-state index in [0.29, 0.717) is 6.61 Å². The molecule has 0 bridgehead atoms. The van der Waals surface area contributed by atoms with E-state index >= 15 is 0 Å². The second-order valence-electron chi connectivity index (χ2n) is 6.30. The summed E-state index contributed by atoms with van der Waals surface area (Å²) in [6, 6.07) is 26.2. The van der Waals surface area contributed by atoms with Gasteiger partial charge in [0.25, 0.3) is 5.91 Å². The number of ether oxygens (including phenoxy) is 1. The summed E-state index contributed by atoms with van der Waals surface area (Å²) in [5.74, 6) is 0.107. The Bertz CT molecular complexity index is 878. The molecule has 26 heavy (non-hydrogen) atoms. The van der Waals surface area contributed by atoms with Crippen molar-refractivity contribution >= 4 is 11.6 Å². The van der Waals surface area contributed by atoms with Gasteiger partial charge in [0.15, 0.2) is 6.10 Å². The number of anilines is 1. The zero-order chi connectivity index (χ0) is 17.9. The molecule has 0 saturated carbocycles. The summed E-state index contributed by atoms with van der Waals surface area (Å²) in [6.07, 6.45) is -0.522. The standard InChI is InChI=1S/C22H19NO3/c24-19-13-11-18(12-14-19)23-20(17-9-5-2-6-10-17)21(22(23)25)26-15-16-7-3-1-4-8-16/h1-14,20-21,24H,15H2/t20-,21-/m1/s1. The third-order valence-electron chi connectivity index (χ3n) is 4.59. The molecule has 1 aliphatic rings. The van der Waals surface area contributed by atoms with E-state index in [1.165, 1.54) is 0 Å². The zero-order valence-corrected chi connectivity index (χ0v) is 14.2. The number of rotatable bonds is 5. The van der Waals surface area contributed by atoms with Gasteiger partial charge in [-0.25, -0.2) is 0 Å². The molecular formula is C22H19NO3. The van der Waals surface area contributed by atoms with Crippen LogP contribution in [0.15, 0.2) is 84.9 Å². The highest BCUT2D eigenvalue weighted by molar-refractivity contribution is 6.05. The Balaban J connectivity index is 1.59. The van der Waals surface area contributed by atoms with Crippen molar-refractivity contribution in [2.24, 2.45) is 0 Å². The van der Waals surface area contributed by atoms with Crippen LogP contribution in [0.25, 0.3) is 0 Å². The molecule has 0 unspecified atom stereocenters. The quantitative estimate of drug-likeness (QED) is 0.709. The number of hydrogen-bond acceptors (Lipinski definition) is 3. The van der Waals surface area contributed by atoms with Gasteiger partial charge in [-0.3, -0.25) is 9.69 Å². The summed E-state index contributed by atoms with van der Waals surface area (Å²) in [4.78, 5) is 14.5. The maximum Gasteiger partial charge on any atom is 0.259 e. The molecular weight excluding hydrogens is 326 g/mol. The van der Waals surface area contributed by atoms with Crippen LogP contribution in [-0.2, 0) is 16.1 Å². The molecule has 0 spiro atoms. The topological polar surface area (TPSA) is 49.8 Å². The van der Waals surface area contributed by atoms with Gasteiger partial charge in [-0.2, -0.15) is 0 Å². The average Bonchev–Trinajstić information content (AvgIpc) is 2.69. The highest BCUT2D eigenvalue weighted by Crippen LogP contribution is 2.41. The van der Waals surface area contributed by atoms with Gasteiger partial charge >= 0.3 is 0 Å². The van der Waals surface area contributed by atoms with Gasteiger partial charge in [0.05, 0.1) is 12.6 Å². The normalized spacial score (nSPS) is 19.2. The van der Waals surface area contributed by atoms with Crippen molar-refractivity contribution in [2.45, 2.75) is 18.8 Å². The predicted molar refractivity (Wildman–Crippen MR) is 99.8 cm³/mol. The van der Waals surface area contributed by atoms with Crippen LogP contribution in [-0.4, -0.2) is 17.1 Å². The molecule has 0 aliphatic carbocycles. The van der Waals surface area contributed by atoms with Crippen LogP contribution >= 0.6 is 0 Å². The van der Waals surface area contributed by atoms with E-state index in [2.05, 4.69) is 0 Å². The van der Waals surface area contributed by atoms with Crippen LogP contribution in [0.2, 0.25) is 0 Å². The van der Waals surface area contributed by atoms with E-state index in [0.717, 1.165) is 16.8 Å². The maximum atomic E-state index is 12.8. The molecule has 0 radical (unpaired) electrons. The van der Waals surface area contributed by atoms with Gasteiger partial charge in [-0.05, 0) is 35.4 Å². The molecule has 4 nitrogen and oxygen atoms in total. The summed E-state index contributed by atoms with van der Waals surface area (Å²) in [7, 11) is 0. The molecule has 2 atom stereocenters. The Morgan fingerprint density at radius 1 is 0.846 bits per heavy atom. The molecule has 1 amide bonds. The largest absolute Gasteiger partial charge is 0.508 e. The van der Waals surface area contributed by atoms with Crippen molar-refractivity contribution < 1.29 is 14.6 Å². The average molecular weight is 345 g/mol. The van der Waals surface area contributed by atoms with Gasteiger partial charge in [-0.15, -0.1) is 0 Å². The number of phenols is 1. The molecule has 0 aromatic heterocycles. The lowest BCUT2D eigenvalue weighted by Crippen LogP contribution is -2.60. The van der Waals surface area contributed by atoms with Gasteiger partial charge < -0.3 is 9.84 Å². The number of phenolic OH excluding ortho intramolecular Hbond substituents is 1. The molecule has 1 heterocycles. The maximum absolute atomic E-state index is 12.8. The monoisotopic (exact) mass is 345 g/mol. The van der Waals surface area contributed by atoms with E-state index in [4.69, 9.17) is 4.74 Å². The smallest absolute Gasteiger partial charge is 0.259 e. The molecule has 4 rings (SSSR count). The molecule has 1 saturated heterocycles. The predicted octanol–water partition coefficient (Wildman–Crippen LogP) is 4.07. The highest BCUT2D eigenvalue weighted by atomic mass is 16.5. The van der Waals surface area contributed by atoms with Crippen molar-refractivity contribution in [3.63, 3.8) is 0 Å². The SMILES string of the molecule is O=C1[C@H](OCc2ccccc2)[C@@H](c2ccccc2)N1c1ccc(O)cc1. The lowest BCUT2D eigenvalue weighted by atomic mass is 9.89. The van der Waals surface area contributed by atoms with Gasteiger partial charge in [0, 0.05) is 5.69 Å². The molecule has 1 N–H and O–H groups in total. The Kier molecular flexibility index (Phi) is 4.42. The van der Waals surface area contributed by atoms with E-state index in [-0.39, 0.29) is 17.7 Å². The van der Waals surface area contributed by atoms with Crippen molar-refractivity contribution in [1.82, 2.24) is 0 Å². The van der Waals surface area contributed by atoms with E-state index in [1.807, 2.05) is 60.7 Å². The van der Waals surface area contributed by atoms with Crippen LogP contribution in [0.5, 0.6) is 5.75 Å². The number of nitrogens with zero attached hydrogens (tertiary/aromatic N) is 1. The number of aromatic hydroxyl groups is 1. The molecule has 1 fully saturated rings. The summed E-state index contributed by atoms with van der Waals surface area (Å²) < 4.78 is 5.98. The summed E-state index contributed by atoms with van der Waals surface area (Å²) >= 11 is 0. The number of β-lactam (4-membered cyclic amide) rings is 1. The summed E-state index contributed by atoms with van der Waals surface area (Å²) in [6.45, 7) is 0.393. The van der Waals surface area contributed by atoms with Crippen molar-refractivity contribution in [3.8, 4) is 5.75 Å². The summed E-state index contributed by atoms with van der Waals surface area (Å²) in [5, 5.41) is 9.51. The number of benzene rings is 3. The van der Waals surface area contributed by atoms with Crippen LogP contribution in [0.3, 0.4) is 0 Å². The van der Waals surface area contributed by atoms with Crippen LogP contribution in [0, 0.1) is 0 Å². The van der Waals surface area contributed by atoms with E-state index in [9.17, 15) is 9.90 Å². The highest BCUT2D eigenvalue weighted by Gasteiger charge is 2.49. The van der Waals surface area contributed by atoms with Gasteiger partial charge in [-0.1, -0.05) is 60.7 Å². The molecule has 3 aromatic carbocycles. The summed E-state index contributed by atoms with van der Waals surface area (Å²) in [5.41, 5.74) is 2.81. The van der Waals surface area contributed by atoms with Crippen LogP contribution < -0.4 is 4.90 Å². The third-order valence-corrected chi connectivity index (χ3v) is 4.59. The van der Waals surface area contributed by atoms with Crippen LogP contribution in [0.1, 0.15) is 17.2 Å². The fourth-order valence-electron chi connectivity index (χ4n) is 3.26. The number of carbonyl (C=O) groups is 1. The molecule has 3 aromatic rings. The minimum Gasteiger partial charge on any atom is -0.508 e. The Labute approximate surface area is 152 Å². The Morgan fingerprint density at radius 3 is 2.12 bits per heavy atom. The first-order chi connectivity index (χ1) is 12.7. The Hall–Kier alpha value is -3.11. The van der Waals surface area contributed by atoms with E-state index < -0.39 is 6.10 Å². The van der Waals surface area contributed by atoms with Gasteiger partial charge in [0.2, 0.25) is 0 Å². The van der Waals surface area contributed by atoms with Crippen molar-refractivity contribution in [3.05, 3.63) is 96.1 Å². The Morgan fingerprint density at radius 2 is 1.46 bits per heavy atom. The molecule has 4 heteroatoms. The zero-order valence-electron chi connectivity index (χ0n) is 14.2. The minimum absolute atomic E-state index is 0.0690. The molecule has 1 aliphatic heterocycles. The first kappa shape index (κ1) is 16.4. The van der Waals surface area contributed by atoms with E-state index in [1.54, 1.807) is 29.2 Å². The first-order valence-corrected chi connectivity index (χ1v) is 8.56. The van der Waals surface area contributed by atoms with Gasteiger partial charge in [0.1, 0.15) is 5.75 Å². The molecule has 130 valence electrons. The fraction of sp³-hybridized carbons (Fsp3) is 0.136. The first-order valence-electron chi connectivity index (χ1n) is 8.56. The lowest BCUT2D eigenvalue weighted by molar-refractivity contribution is -0.143. The van der Waals surface area contributed by atoms with Crippen molar-refractivity contribution in [1.29, 1.82) is 0 Å². The lowest BCUT2D eigenvalue weighted by Gasteiger charge is -2.46. The minimum atomic E-state index is -0.522. The number of carbonyl (C=O) groups excluding carboxylic acids is 1. The second kappa shape index (κ2) is 7.02. The number of amides is 1.